The third-order valence-corrected chi connectivity index (χ3v) is 1.55. The van der Waals surface area contributed by atoms with Crippen molar-refractivity contribution in [1.82, 2.24) is 0 Å². The second-order valence-electron chi connectivity index (χ2n) is 2.20. The van der Waals surface area contributed by atoms with E-state index in [1.807, 2.05) is 0 Å². The number of allylic oxidation sites excluding steroid dienone is 2. The minimum absolute atomic E-state index is 0.958. The Morgan fingerprint density at radius 3 is 2.73 bits per heavy atom. The molecule has 0 amide bonds. The molecular weight excluding hydrogens is 154 g/mol. The molecule has 0 bridgehead atoms. The van der Waals surface area contributed by atoms with Gasteiger partial charge in [-0.3, -0.25) is 0 Å². The molecule has 4 heteroatoms. The number of aliphatic hydroxyl groups is 1. The quantitative estimate of drug-likeness (QED) is 0.584. The maximum Gasteiger partial charge on any atom is 0.255 e. The van der Waals surface area contributed by atoms with Crippen molar-refractivity contribution < 1.29 is 18.6 Å². The van der Waals surface area contributed by atoms with Gasteiger partial charge in [0, 0.05) is 7.11 Å². The van der Waals surface area contributed by atoms with E-state index in [1.165, 1.54) is 6.08 Å². The smallest absolute Gasteiger partial charge is 0.255 e. The van der Waals surface area contributed by atoms with Gasteiger partial charge in [-0.1, -0.05) is 6.08 Å². The Kier molecular flexibility index (Phi) is 2.06. The van der Waals surface area contributed by atoms with Gasteiger partial charge in [0.25, 0.3) is 5.79 Å². The van der Waals surface area contributed by atoms with Crippen LogP contribution in [0.15, 0.2) is 24.1 Å². The van der Waals surface area contributed by atoms with Crippen molar-refractivity contribution in [1.29, 1.82) is 0 Å². The van der Waals surface area contributed by atoms with Crippen LogP contribution in [0.2, 0.25) is 0 Å². The molecule has 0 saturated heterocycles. The summed E-state index contributed by atoms with van der Waals surface area (Å²) in [5.74, 6) is -3.44. The molecule has 2 atom stereocenters. The van der Waals surface area contributed by atoms with E-state index in [2.05, 4.69) is 4.74 Å². The average Bonchev–Trinajstić information content (AvgIpc) is 2.00. The summed E-state index contributed by atoms with van der Waals surface area (Å²) in [6, 6.07) is 0. The summed E-state index contributed by atoms with van der Waals surface area (Å²) in [6.07, 6.45) is 1.32. The number of methoxy groups -OCH3 is 1. The third kappa shape index (κ3) is 1.19. The van der Waals surface area contributed by atoms with Gasteiger partial charge in [-0.15, -0.1) is 0 Å². The van der Waals surface area contributed by atoms with Crippen molar-refractivity contribution >= 4 is 0 Å². The predicted octanol–water partition coefficient (Wildman–Crippen LogP) is 1.08. The van der Waals surface area contributed by atoms with E-state index in [0.29, 0.717) is 0 Å². The standard InChI is InChI=1S/C7H8F2O2/c1-11-7(10)5(8)3-2-4-6(7)9/h2-5,10H,1H3. The Morgan fingerprint density at radius 1 is 1.73 bits per heavy atom. The van der Waals surface area contributed by atoms with E-state index in [-0.39, 0.29) is 0 Å². The van der Waals surface area contributed by atoms with E-state index in [4.69, 9.17) is 5.11 Å². The van der Waals surface area contributed by atoms with E-state index in [9.17, 15) is 8.78 Å². The molecule has 0 aromatic rings. The van der Waals surface area contributed by atoms with E-state index in [1.54, 1.807) is 0 Å². The fourth-order valence-electron chi connectivity index (χ4n) is 0.829. The molecule has 1 aliphatic rings. The third-order valence-electron chi connectivity index (χ3n) is 1.55. The lowest BCUT2D eigenvalue weighted by Crippen LogP contribution is -2.42. The van der Waals surface area contributed by atoms with Gasteiger partial charge >= 0.3 is 0 Å². The molecule has 0 saturated carbocycles. The molecule has 0 aromatic heterocycles. The molecule has 0 radical (unpaired) electrons. The zero-order valence-corrected chi connectivity index (χ0v) is 5.92. The molecule has 0 fully saturated rings. The molecule has 62 valence electrons. The van der Waals surface area contributed by atoms with Crippen molar-refractivity contribution in [2.75, 3.05) is 7.11 Å². The summed E-state index contributed by atoms with van der Waals surface area (Å²) in [4.78, 5) is 0. The van der Waals surface area contributed by atoms with E-state index in [0.717, 1.165) is 19.3 Å². The normalized spacial score (nSPS) is 37.1. The number of rotatable bonds is 1. The first kappa shape index (κ1) is 8.36. The van der Waals surface area contributed by atoms with Gasteiger partial charge in [0.2, 0.25) is 0 Å². The Hall–Kier alpha value is -0.740. The number of alkyl halides is 1. The van der Waals surface area contributed by atoms with Gasteiger partial charge < -0.3 is 9.84 Å². The highest BCUT2D eigenvalue weighted by Gasteiger charge is 2.42. The molecule has 2 nitrogen and oxygen atoms in total. The first-order chi connectivity index (χ1) is 5.11. The van der Waals surface area contributed by atoms with Crippen LogP contribution in [0.1, 0.15) is 0 Å². The summed E-state index contributed by atoms with van der Waals surface area (Å²) in [5, 5.41) is 9.13. The number of hydrogen-bond donors (Lipinski definition) is 1. The highest BCUT2D eigenvalue weighted by atomic mass is 19.1. The van der Waals surface area contributed by atoms with Gasteiger partial charge in [-0.05, 0) is 12.2 Å². The van der Waals surface area contributed by atoms with Crippen molar-refractivity contribution in [3.8, 4) is 0 Å². The summed E-state index contributed by atoms with van der Waals surface area (Å²) in [5.41, 5.74) is 0. The highest BCUT2D eigenvalue weighted by molar-refractivity contribution is 5.24. The second-order valence-corrected chi connectivity index (χ2v) is 2.20. The fourth-order valence-corrected chi connectivity index (χ4v) is 0.829. The summed E-state index contributed by atoms with van der Waals surface area (Å²) < 4.78 is 29.7. The van der Waals surface area contributed by atoms with Gasteiger partial charge in [0.05, 0.1) is 0 Å². The Balaban J connectivity index is 2.94. The fraction of sp³-hybridized carbons (Fsp3) is 0.429. The van der Waals surface area contributed by atoms with Crippen molar-refractivity contribution in [3.63, 3.8) is 0 Å². The van der Waals surface area contributed by atoms with Gasteiger partial charge in [-0.25, -0.2) is 8.78 Å². The average molecular weight is 162 g/mol. The van der Waals surface area contributed by atoms with Gasteiger partial charge in [-0.2, -0.15) is 0 Å². The maximum absolute atomic E-state index is 12.7. The molecule has 0 aromatic carbocycles. The molecule has 2 unspecified atom stereocenters. The lowest BCUT2D eigenvalue weighted by Gasteiger charge is -2.27. The maximum atomic E-state index is 12.7. The molecule has 1 aliphatic carbocycles. The van der Waals surface area contributed by atoms with Crippen molar-refractivity contribution in [3.05, 3.63) is 24.1 Å². The minimum atomic E-state index is -2.42. The lowest BCUT2D eigenvalue weighted by atomic mass is 10.0. The van der Waals surface area contributed by atoms with Crippen molar-refractivity contribution in [2.24, 2.45) is 0 Å². The zero-order valence-electron chi connectivity index (χ0n) is 5.92. The summed E-state index contributed by atoms with van der Waals surface area (Å²) >= 11 is 0. The molecule has 11 heavy (non-hydrogen) atoms. The first-order valence-corrected chi connectivity index (χ1v) is 3.07. The molecule has 1 rings (SSSR count). The molecule has 0 aliphatic heterocycles. The van der Waals surface area contributed by atoms with Gasteiger partial charge in [0.1, 0.15) is 0 Å². The monoisotopic (exact) mass is 162 g/mol. The van der Waals surface area contributed by atoms with Crippen LogP contribution in [0.5, 0.6) is 0 Å². The Morgan fingerprint density at radius 2 is 2.36 bits per heavy atom. The Bertz CT molecular complexity index is 212. The van der Waals surface area contributed by atoms with Crippen molar-refractivity contribution in [2.45, 2.75) is 12.0 Å². The van der Waals surface area contributed by atoms with Crippen LogP contribution < -0.4 is 0 Å². The van der Waals surface area contributed by atoms with Crippen LogP contribution in [0.4, 0.5) is 8.78 Å². The van der Waals surface area contributed by atoms with E-state index >= 15 is 0 Å². The Labute approximate surface area is 62.8 Å². The molecule has 0 heterocycles. The predicted molar refractivity (Wildman–Crippen MR) is 35.2 cm³/mol. The van der Waals surface area contributed by atoms with Gasteiger partial charge in [0.15, 0.2) is 12.0 Å². The topological polar surface area (TPSA) is 29.5 Å². The van der Waals surface area contributed by atoms with Crippen LogP contribution in [0.25, 0.3) is 0 Å². The summed E-state index contributed by atoms with van der Waals surface area (Å²) in [7, 11) is 1.04. The summed E-state index contributed by atoms with van der Waals surface area (Å²) in [6.45, 7) is 0. The molecule has 1 N–H and O–H groups in total. The van der Waals surface area contributed by atoms with Crippen LogP contribution in [0, 0.1) is 0 Å². The SMILES string of the molecule is COC1(O)C(F)=CC=CC1F. The highest BCUT2D eigenvalue weighted by Crippen LogP contribution is 2.29. The molecule has 0 spiro atoms. The molecular formula is C7H8F2O2. The van der Waals surface area contributed by atoms with Crippen LogP contribution in [-0.2, 0) is 4.74 Å². The lowest BCUT2D eigenvalue weighted by molar-refractivity contribution is -0.197. The number of hydrogen-bond acceptors (Lipinski definition) is 2. The zero-order chi connectivity index (χ0) is 8.48. The largest absolute Gasteiger partial charge is 0.358 e. The van der Waals surface area contributed by atoms with Crippen LogP contribution in [-0.4, -0.2) is 24.2 Å². The first-order valence-electron chi connectivity index (χ1n) is 3.07. The minimum Gasteiger partial charge on any atom is -0.358 e. The number of ether oxygens (including phenoxy) is 1. The van der Waals surface area contributed by atoms with Crippen LogP contribution in [0.3, 0.4) is 0 Å². The van der Waals surface area contributed by atoms with Crippen LogP contribution >= 0.6 is 0 Å². The number of halogens is 2. The second kappa shape index (κ2) is 2.71. The van der Waals surface area contributed by atoms with E-state index < -0.39 is 17.8 Å².